The number of hydrogen-bond donors (Lipinski definition) is 0. The first-order valence-electron chi connectivity index (χ1n) is 3.68. The summed E-state index contributed by atoms with van der Waals surface area (Å²) in [6.07, 6.45) is 0. The summed E-state index contributed by atoms with van der Waals surface area (Å²) in [4.78, 5) is 2.00. The highest BCUT2D eigenvalue weighted by Gasteiger charge is 2.28. The van der Waals surface area contributed by atoms with E-state index in [9.17, 15) is 0 Å². The van der Waals surface area contributed by atoms with Gasteiger partial charge >= 0.3 is 8.32 Å². The van der Waals surface area contributed by atoms with Gasteiger partial charge in [0.05, 0.1) is 0 Å². The molecule has 0 bridgehead atoms. The molecule has 0 aromatic heterocycles. The molecular weight excluding hydrogens is 190 g/mol. The fraction of sp³-hybridized carbons (Fsp3) is 1.00. The van der Waals surface area contributed by atoms with Gasteiger partial charge in [0.25, 0.3) is 0 Å². The van der Waals surface area contributed by atoms with E-state index in [2.05, 4.69) is 0 Å². The maximum atomic E-state index is 4.99. The van der Waals surface area contributed by atoms with Crippen molar-refractivity contribution in [1.82, 2.24) is 4.90 Å². The van der Waals surface area contributed by atoms with Crippen molar-refractivity contribution < 1.29 is 13.3 Å². The zero-order chi connectivity index (χ0) is 10.2. The molecule has 0 saturated heterocycles. The molecule has 0 amide bonds. The summed E-state index contributed by atoms with van der Waals surface area (Å²) in [5.74, 6) is 0. The van der Waals surface area contributed by atoms with Gasteiger partial charge < -0.3 is 18.2 Å². The van der Waals surface area contributed by atoms with Crippen LogP contribution >= 0.6 is 0 Å². The van der Waals surface area contributed by atoms with E-state index >= 15 is 0 Å². The van der Waals surface area contributed by atoms with Gasteiger partial charge in [0.1, 0.15) is 9.76 Å². The van der Waals surface area contributed by atoms with Gasteiger partial charge in [-0.2, -0.15) is 0 Å². The van der Waals surface area contributed by atoms with Crippen LogP contribution in [-0.2, 0) is 13.3 Å². The van der Waals surface area contributed by atoms with Crippen LogP contribution in [0.15, 0.2) is 0 Å². The van der Waals surface area contributed by atoms with Crippen LogP contribution < -0.4 is 0 Å². The minimum atomic E-state index is -2.03. The lowest BCUT2D eigenvalue weighted by atomic mass is 11.0. The first-order chi connectivity index (χ1) is 5.41. The van der Waals surface area contributed by atoms with Crippen molar-refractivity contribution in [2.45, 2.75) is 0 Å². The summed E-state index contributed by atoms with van der Waals surface area (Å²) in [5, 5.41) is 0. The Bertz CT molecular complexity index is 87.8. The molecule has 0 aliphatic carbocycles. The summed E-state index contributed by atoms with van der Waals surface area (Å²) in [6.45, 7) is 0. The summed E-state index contributed by atoms with van der Waals surface area (Å²) in [5.41, 5.74) is 0. The molecule has 0 aromatic carbocycles. The van der Waals surface area contributed by atoms with Gasteiger partial charge in [0.2, 0.25) is 0 Å². The number of hydrogen-bond acceptors (Lipinski definition) is 4. The fourth-order valence-corrected chi connectivity index (χ4v) is 0.750. The minimum absolute atomic E-state index is 0.843. The maximum Gasteiger partial charge on any atom is 0.457 e. The molecule has 76 valence electrons. The Hall–Kier alpha value is 0.274. The zero-order valence-electron chi connectivity index (χ0n) is 9.17. The van der Waals surface area contributed by atoms with Gasteiger partial charge in [-0.05, 0) is 21.1 Å². The molecule has 0 N–H and O–H groups in total. The third-order valence-corrected chi connectivity index (χ3v) is 7.01. The van der Waals surface area contributed by atoms with E-state index in [4.69, 9.17) is 13.3 Å². The molecule has 4 nitrogen and oxygen atoms in total. The van der Waals surface area contributed by atoms with Gasteiger partial charge in [-0.1, -0.05) is 0 Å². The highest BCUT2D eigenvalue weighted by Crippen LogP contribution is 1.96. The average molecular weight is 211 g/mol. The van der Waals surface area contributed by atoms with Gasteiger partial charge in [0.15, 0.2) is 0 Å². The van der Waals surface area contributed by atoms with Crippen LogP contribution in [0.4, 0.5) is 0 Å². The van der Waals surface area contributed by atoms with Crippen molar-refractivity contribution in [3.05, 3.63) is 0 Å². The van der Waals surface area contributed by atoms with Crippen LogP contribution in [0, 0.1) is 0 Å². The molecule has 0 heterocycles. The molecule has 0 fully saturated rings. The van der Waals surface area contributed by atoms with Crippen LogP contribution in [0.1, 0.15) is 0 Å². The quantitative estimate of drug-likeness (QED) is 0.555. The summed E-state index contributed by atoms with van der Waals surface area (Å²) < 4.78 is 15.0. The Labute approximate surface area is 79.4 Å². The molecule has 0 aliphatic heterocycles. The van der Waals surface area contributed by atoms with Crippen LogP contribution in [0.25, 0.3) is 0 Å². The largest absolute Gasteiger partial charge is 0.457 e. The van der Waals surface area contributed by atoms with Gasteiger partial charge in [-0.3, -0.25) is 0 Å². The fourth-order valence-electron chi connectivity index (χ4n) is 0.250. The molecular formula is C6H21NO3Si2. The van der Waals surface area contributed by atoms with E-state index in [1.54, 1.807) is 21.3 Å². The van der Waals surface area contributed by atoms with E-state index in [-0.39, 0.29) is 0 Å². The van der Waals surface area contributed by atoms with Gasteiger partial charge in [0, 0.05) is 21.3 Å². The Morgan fingerprint density at radius 1 is 0.917 bits per heavy atom. The smallest absolute Gasteiger partial charge is 0.380 e. The molecule has 0 spiro atoms. The van der Waals surface area contributed by atoms with E-state index < -0.39 is 8.32 Å². The first kappa shape index (κ1) is 14.8. The van der Waals surface area contributed by atoms with Gasteiger partial charge in [-0.25, -0.2) is 0 Å². The Morgan fingerprint density at radius 3 is 1.08 bits per heavy atom. The second kappa shape index (κ2) is 7.90. The SMILES string of the molecule is CN(C)C.CO[Si]([SiH3])(OC)OC. The van der Waals surface area contributed by atoms with Crippen LogP contribution in [0.5, 0.6) is 0 Å². The summed E-state index contributed by atoms with van der Waals surface area (Å²) in [6, 6.07) is 0. The third-order valence-electron chi connectivity index (χ3n) is 1.11. The van der Waals surface area contributed by atoms with Crippen LogP contribution in [0.2, 0.25) is 0 Å². The second-order valence-corrected chi connectivity index (χ2v) is 9.44. The van der Waals surface area contributed by atoms with Crippen molar-refractivity contribution in [2.24, 2.45) is 0 Å². The van der Waals surface area contributed by atoms with E-state index in [0.717, 1.165) is 9.76 Å². The molecule has 0 saturated carbocycles. The lowest BCUT2D eigenvalue weighted by molar-refractivity contribution is 0.149. The summed E-state index contributed by atoms with van der Waals surface area (Å²) >= 11 is 0. The molecule has 6 heteroatoms. The monoisotopic (exact) mass is 211 g/mol. The minimum Gasteiger partial charge on any atom is -0.380 e. The molecule has 12 heavy (non-hydrogen) atoms. The lowest BCUT2D eigenvalue weighted by Gasteiger charge is -2.19. The predicted octanol–water partition coefficient (Wildman–Crippen LogP) is -1.10. The highest BCUT2D eigenvalue weighted by molar-refractivity contribution is 7.05. The van der Waals surface area contributed by atoms with Crippen molar-refractivity contribution in [1.29, 1.82) is 0 Å². The molecule has 0 unspecified atom stereocenters. The van der Waals surface area contributed by atoms with Crippen molar-refractivity contribution in [3.63, 3.8) is 0 Å². The van der Waals surface area contributed by atoms with E-state index in [1.807, 2.05) is 26.0 Å². The van der Waals surface area contributed by atoms with Crippen molar-refractivity contribution >= 4 is 18.1 Å². The number of rotatable bonds is 3. The van der Waals surface area contributed by atoms with Crippen molar-refractivity contribution in [2.75, 3.05) is 42.5 Å². The van der Waals surface area contributed by atoms with Crippen LogP contribution in [-0.4, -0.2) is 65.5 Å². The third kappa shape index (κ3) is 10.3. The molecule has 0 radical (unpaired) electrons. The maximum absolute atomic E-state index is 4.99. The zero-order valence-corrected chi connectivity index (χ0v) is 12.2. The van der Waals surface area contributed by atoms with Crippen LogP contribution in [0.3, 0.4) is 0 Å². The van der Waals surface area contributed by atoms with Crippen molar-refractivity contribution in [3.8, 4) is 0 Å². The van der Waals surface area contributed by atoms with E-state index in [1.165, 1.54) is 0 Å². The Balaban J connectivity index is 0. The molecule has 0 atom stereocenters. The molecule has 0 aliphatic rings. The molecule has 0 rings (SSSR count). The van der Waals surface area contributed by atoms with Gasteiger partial charge in [-0.15, -0.1) is 0 Å². The first-order valence-corrected chi connectivity index (χ1v) is 8.90. The average Bonchev–Trinajstić information content (AvgIpc) is 2.02. The normalized spacial score (nSPS) is 11.2. The van der Waals surface area contributed by atoms with E-state index in [0.29, 0.717) is 0 Å². The number of nitrogens with zero attached hydrogens (tertiary/aromatic N) is 1. The lowest BCUT2D eigenvalue weighted by Crippen LogP contribution is -2.43. The topological polar surface area (TPSA) is 30.9 Å². The molecule has 0 aromatic rings. The Kier molecular flexibility index (Phi) is 9.73. The highest BCUT2D eigenvalue weighted by atomic mass is 29.2. The summed E-state index contributed by atoms with van der Waals surface area (Å²) in [7, 11) is 9.66. The standard InChI is InChI=1S/C3H9N.C3H12O3Si2/c1-4(2)3;1-4-8(7,5-2)6-3/h1-3H3;1-3,7H3. The second-order valence-electron chi connectivity index (χ2n) is 2.82. The Morgan fingerprint density at radius 2 is 1.08 bits per heavy atom. The predicted molar refractivity (Wildman–Crippen MR) is 56.3 cm³/mol.